The van der Waals surface area contributed by atoms with Crippen LogP contribution in [0, 0.1) is 0 Å². The molecular formula is C27H33BrN4O4S2. The molecule has 3 heterocycles. The first-order valence-electron chi connectivity index (χ1n) is 13.1. The number of rotatable bonds is 8. The zero-order valence-corrected chi connectivity index (χ0v) is 24.7. The minimum Gasteiger partial charge on any atom is -0.379 e. The Morgan fingerprint density at radius 1 is 1.13 bits per heavy atom. The molecule has 1 aromatic heterocycles. The van der Waals surface area contributed by atoms with Crippen molar-refractivity contribution in [1.29, 1.82) is 0 Å². The summed E-state index contributed by atoms with van der Waals surface area (Å²) >= 11 is 5.00. The third kappa shape index (κ3) is 6.13. The molecule has 204 valence electrons. The Labute approximate surface area is 236 Å². The lowest BCUT2D eigenvalue weighted by molar-refractivity contribution is 0.0376. The molecule has 0 radical (unpaired) electrons. The molecule has 1 unspecified atom stereocenters. The highest BCUT2D eigenvalue weighted by molar-refractivity contribution is 9.10. The molecule has 8 nitrogen and oxygen atoms in total. The quantitative estimate of drug-likeness (QED) is 0.353. The normalized spacial score (nSPS) is 19.6. The van der Waals surface area contributed by atoms with Gasteiger partial charge >= 0.3 is 0 Å². The number of sulfonamides is 1. The lowest BCUT2D eigenvalue weighted by Crippen LogP contribution is -2.41. The summed E-state index contributed by atoms with van der Waals surface area (Å²) < 4.78 is 35.5. The second kappa shape index (κ2) is 12.1. The highest BCUT2D eigenvalue weighted by Crippen LogP contribution is 2.32. The van der Waals surface area contributed by atoms with Gasteiger partial charge in [0.15, 0.2) is 5.13 Å². The van der Waals surface area contributed by atoms with E-state index in [1.807, 2.05) is 25.1 Å². The van der Waals surface area contributed by atoms with Crippen molar-refractivity contribution in [1.82, 2.24) is 14.2 Å². The number of amides is 1. The maximum Gasteiger partial charge on any atom is 0.260 e. The summed E-state index contributed by atoms with van der Waals surface area (Å²) in [4.78, 5) is 22.8. The van der Waals surface area contributed by atoms with E-state index in [9.17, 15) is 13.2 Å². The summed E-state index contributed by atoms with van der Waals surface area (Å²) in [7, 11) is -3.60. The molecule has 2 saturated heterocycles. The minimum absolute atomic E-state index is 0.0175. The molecule has 1 atom stereocenters. The Morgan fingerprint density at radius 3 is 2.63 bits per heavy atom. The second-order valence-electron chi connectivity index (χ2n) is 9.86. The van der Waals surface area contributed by atoms with Crippen molar-refractivity contribution in [3.63, 3.8) is 0 Å². The molecule has 3 aromatic rings. The van der Waals surface area contributed by atoms with E-state index < -0.39 is 10.0 Å². The van der Waals surface area contributed by atoms with Gasteiger partial charge in [-0.1, -0.05) is 33.7 Å². The SMILES string of the molecule is CC1CCCCN1S(=O)(=O)c1ccc(C(=O)N(CCCN2CCOCC2)c2nc3ccc(Br)cc3s2)cc1. The van der Waals surface area contributed by atoms with Crippen LogP contribution in [-0.4, -0.2) is 80.5 Å². The molecule has 11 heteroatoms. The fourth-order valence-electron chi connectivity index (χ4n) is 5.05. The number of fused-ring (bicyclic) bond motifs is 1. The minimum atomic E-state index is -3.60. The van der Waals surface area contributed by atoms with E-state index in [0.717, 1.165) is 73.2 Å². The van der Waals surface area contributed by atoms with Crippen LogP contribution in [0.15, 0.2) is 51.8 Å². The zero-order chi connectivity index (χ0) is 26.7. The van der Waals surface area contributed by atoms with Crippen molar-refractivity contribution in [2.45, 2.75) is 43.5 Å². The number of carbonyl (C=O) groups is 1. The van der Waals surface area contributed by atoms with Crippen LogP contribution < -0.4 is 4.90 Å². The van der Waals surface area contributed by atoms with E-state index in [1.165, 1.54) is 11.3 Å². The van der Waals surface area contributed by atoms with Crippen LogP contribution in [0.25, 0.3) is 10.2 Å². The van der Waals surface area contributed by atoms with Crippen LogP contribution >= 0.6 is 27.3 Å². The van der Waals surface area contributed by atoms with Crippen molar-refractivity contribution in [3.05, 3.63) is 52.5 Å². The van der Waals surface area contributed by atoms with Crippen LogP contribution in [0.2, 0.25) is 0 Å². The van der Waals surface area contributed by atoms with Crippen molar-refractivity contribution in [3.8, 4) is 0 Å². The standard InChI is InChI=1S/C27H33BrN4O4S2/c1-20-5-2-3-14-32(20)38(34,35)23-9-6-21(7-10-23)26(33)31(13-4-12-30-15-17-36-18-16-30)27-29-24-11-8-22(28)19-25(24)37-27/h6-11,19-20H,2-5,12-18H2,1H3. The number of hydrogen-bond donors (Lipinski definition) is 0. The van der Waals surface area contributed by atoms with Gasteiger partial charge in [-0.05, 0) is 68.7 Å². The van der Waals surface area contributed by atoms with Crippen LogP contribution in [0.3, 0.4) is 0 Å². The zero-order valence-electron chi connectivity index (χ0n) is 21.5. The van der Waals surface area contributed by atoms with E-state index in [-0.39, 0.29) is 16.8 Å². The number of piperidine rings is 1. The van der Waals surface area contributed by atoms with Gasteiger partial charge in [-0.15, -0.1) is 0 Å². The molecule has 0 aliphatic carbocycles. The Hall–Kier alpha value is -1.89. The lowest BCUT2D eigenvalue weighted by Gasteiger charge is -2.32. The van der Waals surface area contributed by atoms with Crippen LogP contribution in [-0.2, 0) is 14.8 Å². The van der Waals surface area contributed by atoms with E-state index in [1.54, 1.807) is 33.5 Å². The first-order chi connectivity index (χ1) is 18.3. The molecule has 0 spiro atoms. The second-order valence-corrected chi connectivity index (χ2v) is 13.7. The Balaban J connectivity index is 1.37. The van der Waals surface area contributed by atoms with Crippen LogP contribution in [0.4, 0.5) is 5.13 Å². The lowest BCUT2D eigenvalue weighted by atomic mass is 10.1. The molecule has 2 fully saturated rings. The molecule has 1 amide bonds. The van der Waals surface area contributed by atoms with Gasteiger partial charge in [-0.3, -0.25) is 14.6 Å². The summed E-state index contributed by atoms with van der Waals surface area (Å²) in [6.45, 7) is 7.15. The topological polar surface area (TPSA) is 83.1 Å². The summed E-state index contributed by atoms with van der Waals surface area (Å²) in [6, 6.07) is 12.3. The third-order valence-corrected chi connectivity index (χ3v) is 10.8. The number of nitrogens with zero attached hydrogens (tertiary/aromatic N) is 4. The van der Waals surface area contributed by atoms with Crippen molar-refractivity contribution < 1.29 is 17.9 Å². The van der Waals surface area contributed by atoms with Gasteiger partial charge in [0, 0.05) is 48.8 Å². The monoisotopic (exact) mass is 620 g/mol. The van der Waals surface area contributed by atoms with Gasteiger partial charge in [0.2, 0.25) is 10.0 Å². The molecule has 2 aliphatic heterocycles. The largest absolute Gasteiger partial charge is 0.379 e. The number of carbonyl (C=O) groups excluding carboxylic acids is 1. The van der Waals surface area contributed by atoms with Crippen molar-refractivity contribution >= 4 is 58.5 Å². The Kier molecular flexibility index (Phi) is 8.81. The number of aromatic nitrogens is 1. The van der Waals surface area contributed by atoms with E-state index >= 15 is 0 Å². The maximum atomic E-state index is 13.8. The fourth-order valence-corrected chi connectivity index (χ4v) is 8.29. The number of anilines is 1. The average molecular weight is 622 g/mol. The fraction of sp³-hybridized carbons (Fsp3) is 0.481. The molecule has 0 bridgehead atoms. The number of ether oxygens (including phenoxy) is 1. The third-order valence-electron chi connectivity index (χ3n) is 7.22. The molecule has 5 rings (SSSR count). The van der Waals surface area contributed by atoms with Crippen LogP contribution in [0.5, 0.6) is 0 Å². The van der Waals surface area contributed by atoms with E-state index in [2.05, 4.69) is 20.8 Å². The predicted octanol–water partition coefficient (Wildman–Crippen LogP) is 4.99. The molecule has 38 heavy (non-hydrogen) atoms. The molecule has 0 saturated carbocycles. The van der Waals surface area contributed by atoms with Gasteiger partial charge in [-0.2, -0.15) is 4.31 Å². The van der Waals surface area contributed by atoms with Gasteiger partial charge < -0.3 is 4.74 Å². The number of thiazole rings is 1. The first-order valence-corrected chi connectivity index (χ1v) is 16.2. The van der Waals surface area contributed by atoms with Gasteiger partial charge in [0.25, 0.3) is 5.91 Å². The number of benzene rings is 2. The highest BCUT2D eigenvalue weighted by atomic mass is 79.9. The van der Waals surface area contributed by atoms with E-state index in [0.29, 0.717) is 23.8 Å². The highest BCUT2D eigenvalue weighted by Gasteiger charge is 2.31. The van der Waals surface area contributed by atoms with E-state index in [4.69, 9.17) is 9.72 Å². The summed E-state index contributed by atoms with van der Waals surface area (Å²) in [5.41, 5.74) is 1.29. The predicted molar refractivity (Wildman–Crippen MR) is 155 cm³/mol. The molecule has 2 aromatic carbocycles. The number of morpholine rings is 1. The van der Waals surface area contributed by atoms with Gasteiger partial charge in [-0.25, -0.2) is 13.4 Å². The first kappa shape index (κ1) is 27.7. The molecular weight excluding hydrogens is 588 g/mol. The summed E-state index contributed by atoms with van der Waals surface area (Å²) in [5.74, 6) is -0.180. The Morgan fingerprint density at radius 2 is 1.89 bits per heavy atom. The number of halogens is 1. The Bertz CT molecular complexity index is 1370. The maximum absolute atomic E-state index is 13.8. The number of hydrogen-bond acceptors (Lipinski definition) is 7. The van der Waals surface area contributed by atoms with Gasteiger partial charge in [0.1, 0.15) is 0 Å². The van der Waals surface area contributed by atoms with Crippen LogP contribution in [0.1, 0.15) is 43.0 Å². The summed E-state index contributed by atoms with van der Waals surface area (Å²) in [5, 5.41) is 0.643. The van der Waals surface area contributed by atoms with Crippen molar-refractivity contribution in [2.75, 3.05) is 50.8 Å². The average Bonchev–Trinajstić information content (AvgIpc) is 3.34. The molecule has 2 aliphatic rings. The van der Waals surface area contributed by atoms with Gasteiger partial charge in [0.05, 0.1) is 28.3 Å². The molecule has 0 N–H and O–H groups in total. The van der Waals surface area contributed by atoms with Crippen molar-refractivity contribution in [2.24, 2.45) is 0 Å². The smallest absolute Gasteiger partial charge is 0.260 e. The summed E-state index contributed by atoms with van der Waals surface area (Å²) in [6.07, 6.45) is 3.58.